The van der Waals surface area contributed by atoms with Crippen LogP contribution < -0.4 is 4.74 Å². The topological polar surface area (TPSA) is 42.1 Å². The van der Waals surface area contributed by atoms with Crippen LogP contribution in [0.25, 0.3) is 10.9 Å². The van der Waals surface area contributed by atoms with E-state index in [1.165, 1.54) is 0 Å². The van der Waals surface area contributed by atoms with Crippen molar-refractivity contribution in [3.63, 3.8) is 0 Å². The zero-order valence-corrected chi connectivity index (χ0v) is 11.3. The first-order valence-electron chi connectivity index (χ1n) is 6.31. The highest BCUT2D eigenvalue weighted by Crippen LogP contribution is 2.26. The number of aromatic nitrogens is 1. The summed E-state index contributed by atoms with van der Waals surface area (Å²) in [7, 11) is 0. The minimum atomic E-state index is -0.00123. The molecule has 2 aromatic rings. The van der Waals surface area contributed by atoms with Gasteiger partial charge < -0.3 is 9.72 Å². The van der Waals surface area contributed by atoms with Crippen LogP contribution in [0.15, 0.2) is 24.4 Å². The Kier molecular flexibility index (Phi) is 3.41. The number of carbonyl (C=O) groups excluding carboxylic acids is 1. The molecule has 0 amide bonds. The van der Waals surface area contributed by atoms with Crippen LogP contribution in [0.3, 0.4) is 0 Å². The van der Waals surface area contributed by atoms with Crippen LogP contribution >= 0.6 is 0 Å². The molecule has 1 aromatic carbocycles. The molecule has 3 nitrogen and oxygen atoms in total. The molecule has 2 rings (SSSR count). The molecule has 0 aliphatic carbocycles. The summed E-state index contributed by atoms with van der Waals surface area (Å²) in [5.41, 5.74) is 1.71. The van der Waals surface area contributed by atoms with Crippen molar-refractivity contribution < 1.29 is 9.53 Å². The van der Waals surface area contributed by atoms with Gasteiger partial charge in [0, 0.05) is 28.6 Å². The summed E-state index contributed by atoms with van der Waals surface area (Å²) < 4.78 is 5.66. The summed E-state index contributed by atoms with van der Waals surface area (Å²) in [5.74, 6) is 0.955. The Morgan fingerprint density at radius 3 is 2.56 bits per heavy atom. The fourth-order valence-electron chi connectivity index (χ4n) is 1.96. The van der Waals surface area contributed by atoms with Gasteiger partial charge in [0.25, 0.3) is 0 Å². The molecular formula is C15H19NO2. The minimum Gasteiger partial charge on any atom is -0.491 e. The first kappa shape index (κ1) is 12.7. The summed E-state index contributed by atoms with van der Waals surface area (Å²) in [6.07, 6.45) is 1.91. The lowest BCUT2D eigenvalue weighted by Gasteiger charge is -2.10. The summed E-state index contributed by atoms with van der Waals surface area (Å²) in [5, 5.41) is 0.937. The minimum absolute atomic E-state index is 0.00123. The molecule has 96 valence electrons. The molecule has 0 fully saturated rings. The third-order valence-electron chi connectivity index (χ3n) is 2.81. The number of ketones is 1. The van der Waals surface area contributed by atoms with Crippen LogP contribution in [0.4, 0.5) is 0 Å². The fraction of sp³-hybridized carbons (Fsp3) is 0.400. The van der Waals surface area contributed by atoms with Crippen molar-refractivity contribution in [3.05, 3.63) is 30.0 Å². The van der Waals surface area contributed by atoms with Crippen molar-refractivity contribution in [2.24, 2.45) is 5.92 Å². The molecular weight excluding hydrogens is 226 g/mol. The van der Waals surface area contributed by atoms with Crippen molar-refractivity contribution in [2.45, 2.75) is 33.8 Å². The lowest BCUT2D eigenvalue weighted by Crippen LogP contribution is -2.07. The number of benzene rings is 1. The van der Waals surface area contributed by atoms with Gasteiger partial charge in [-0.2, -0.15) is 0 Å². The smallest absolute Gasteiger partial charge is 0.167 e. The lowest BCUT2D eigenvalue weighted by molar-refractivity contribution is 0.0941. The number of fused-ring (bicyclic) bond motifs is 1. The Morgan fingerprint density at radius 2 is 1.94 bits per heavy atom. The first-order valence-corrected chi connectivity index (χ1v) is 6.31. The van der Waals surface area contributed by atoms with E-state index in [9.17, 15) is 4.79 Å². The van der Waals surface area contributed by atoms with Crippen LogP contribution in [0.1, 0.15) is 38.1 Å². The average molecular weight is 245 g/mol. The van der Waals surface area contributed by atoms with Crippen LogP contribution in [0, 0.1) is 5.92 Å². The zero-order valence-electron chi connectivity index (χ0n) is 11.3. The second-order valence-electron chi connectivity index (χ2n) is 5.10. The Bertz CT molecular complexity index is 567. The quantitative estimate of drug-likeness (QED) is 0.832. The fourth-order valence-corrected chi connectivity index (χ4v) is 1.96. The SMILES string of the molecule is CC(C)Oc1ccc2[nH]cc(C(=O)C(C)C)c2c1. The van der Waals surface area contributed by atoms with E-state index < -0.39 is 0 Å². The Morgan fingerprint density at radius 1 is 1.22 bits per heavy atom. The van der Waals surface area contributed by atoms with E-state index in [-0.39, 0.29) is 17.8 Å². The summed E-state index contributed by atoms with van der Waals surface area (Å²) in [6.45, 7) is 7.80. The van der Waals surface area contributed by atoms with Gasteiger partial charge in [0.15, 0.2) is 5.78 Å². The molecule has 0 spiro atoms. The van der Waals surface area contributed by atoms with Crippen LogP contribution in [0.5, 0.6) is 5.75 Å². The van der Waals surface area contributed by atoms with Gasteiger partial charge in [0.2, 0.25) is 0 Å². The van der Waals surface area contributed by atoms with E-state index in [2.05, 4.69) is 4.98 Å². The van der Waals surface area contributed by atoms with E-state index in [0.717, 1.165) is 22.2 Å². The van der Waals surface area contributed by atoms with Gasteiger partial charge in [0.1, 0.15) is 5.75 Å². The zero-order chi connectivity index (χ0) is 13.3. The number of ether oxygens (including phenoxy) is 1. The molecule has 0 bridgehead atoms. The summed E-state index contributed by atoms with van der Waals surface area (Å²) in [6, 6.07) is 5.80. The number of Topliss-reactive ketones (excluding diaryl/α,β-unsaturated/α-hetero) is 1. The van der Waals surface area contributed by atoms with Gasteiger partial charge >= 0.3 is 0 Å². The molecule has 0 saturated carbocycles. The number of H-pyrrole nitrogens is 1. The summed E-state index contributed by atoms with van der Waals surface area (Å²) >= 11 is 0. The van der Waals surface area contributed by atoms with Crippen LogP contribution in [0.2, 0.25) is 0 Å². The molecule has 0 aliphatic heterocycles. The summed E-state index contributed by atoms with van der Waals surface area (Å²) in [4.78, 5) is 15.2. The lowest BCUT2D eigenvalue weighted by atomic mass is 10.0. The Balaban J connectivity index is 2.46. The van der Waals surface area contributed by atoms with Crippen molar-refractivity contribution in [3.8, 4) is 5.75 Å². The number of rotatable bonds is 4. The third-order valence-corrected chi connectivity index (χ3v) is 2.81. The monoisotopic (exact) mass is 245 g/mol. The maximum Gasteiger partial charge on any atom is 0.167 e. The number of aromatic amines is 1. The van der Waals surface area contributed by atoms with Crippen molar-refractivity contribution in [1.29, 1.82) is 0 Å². The second-order valence-corrected chi connectivity index (χ2v) is 5.10. The van der Waals surface area contributed by atoms with Crippen molar-refractivity contribution in [2.75, 3.05) is 0 Å². The number of hydrogen-bond acceptors (Lipinski definition) is 2. The van der Waals surface area contributed by atoms with Crippen molar-refractivity contribution in [1.82, 2.24) is 4.98 Å². The van der Waals surface area contributed by atoms with Gasteiger partial charge in [-0.25, -0.2) is 0 Å². The third kappa shape index (κ3) is 2.40. The van der Waals surface area contributed by atoms with Crippen LogP contribution in [-0.2, 0) is 0 Å². The highest BCUT2D eigenvalue weighted by molar-refractivity contribution is 6.08. The van der Waals surface area contributed by atoms with Crippen LogP contribution in [-0.4, -0.2) is 16.9 Å². The normalized spacial score (nSPS) is 11.4. The standard InChI is InChI=1S/C15H19NO2/c1-9(2)15(17)13-8-16-14-6-5-11(7-12(13)14)18-10(3)4/h5-10,16H,1-4H3. The Labute approximate surface area is 107 Å². The number of carbonyl (C=O) groups is 1. The second kappa shape index (κ2) is 4.84. The highest BCUT2D eigenvalue weighted by Gasteiger charge is 2.15. The molecule has 1 heterocycles. The van der Waals surface area contributed by atoms with E-state index in [4.69, 9.17) is 4.74 Å². The molecule has 0 unspecified atom stereocenters. The van der Waals surface area contributed by atoms with Gasteiger partial charge in [-0.3, -0.25) is 4.79 Å². The molecule has 0 radical (unpaired) electrons. The largest absolute Gasteiger partial charge is 0.491 e. The highest BCUT2D eigenvalue weighted by atomic mass is 16.5. The van der Waals surface area contributed by atoms with Gasteiger partial charge in [-0.1, -0.05) is 13.8 Å². The molecule has 3 heteroatoms. The first-order chi connectivity index (χ1) is 8.49. The predicted octanol–water partition coefficient (Wildman–Crippen LogP) is 3.79. The van der Waals surface area contributed by atoms with Gasteiger partial charge in [0.05, 0.1) is 6.10 Å². The van der Waals surface area contributed by atoms with Gasteiger partial charge in [-0.15, -0.1) is 0 Å². The molecule has 1 N–H and O–H groups in total. The maximum absolute atomic E-state index is 12.1. The van der Waals surface area contributed by atoms with E-state index in [1.54, 1.807) is 6.20 Å². The predicted molar refractivity (Wildman–Crippen MR) is 73.2 cm³/mol. The number of hydrogen-bond donors (Lipinski definition) is 1. The van der Waals surface area contributed by atoms with E-state index in [0.29, 0.717) is 0 Å². The molecule has 18 heavy (non-hydrogen) atoms. The Hall–Kier alpha value is -1.77. The van der Waals surface area contributed by atoms with E-state index in [1.807, 2.05) is 45.9 Å². The molecule has 1 aromatic heterocycles. The van der Waals surface area contributed by atoms with Gasteiger partial charge in [-0.05, 0) is 32.0 Å². The molecule has 0 atom stereocenters. The molecule has 0 saturated heterocycles. The molecule has 0 aliphatic rings. The average Bonchev–Trinajstić information content (AvgIpc) is 2.70. The van der Waals surface area contributed by atoms with E-state index >= 15 is 0 Å². The number of nitrogens with one attached hydrogen (secondary N) is 1. The maximum atomic E-state index is 12.1. The van der Waals surface area contributed by atoms with Crippen molar-refractivity contribution >= 4 is 16.7 Å².